The van der Waals surface area contributed by atoms with Gasteiger partial charge in [-0.3, -0.25) is 0 Å². The topological polar surface area (TPSA) is 41.6 Å². The van der Waals surface area contributed by atoms with Gasteiger partial charge in [0.15, 0.2) is 0 Å². The number of hydrogen-bond acceptors (Lipinski definition) is 2. The molecule has 0 aliphatic rings. The molecule has 3 aromatic rings. The molecule has 3 nitrogen and oxygen atoms in total. The lowest BCUT2D eigenvalue weighted by Crippen LogP contribution is -1.80. The number of aromatic amines is 1. The first-order valence-corrected chi connectivity index (χ1v) is 5.61. The molecule has 2 aromatic heterocycles. The van der Waals surface area contributed by atoms with Gasteiger partial charge in [-0.05, 0) is 28.1 Å². The van der Waals surface area contributed by atoms with E-state index in [-0.39, 0.29) is 5.82 Å². The van der Waals surface area contributed by atoms with Crippen molar-refractivity contribution in [2.75, 3.05) is 0 Å². The minimum atomic E-state index is -0.330. The van der Waals surface area contributed by atoms with Crippen LogP contribution in [0, 0.1) is 5.82 Å². The van der Waals surface area contributed by atoms with Crippen molar-refractivity contribution in [3.05, 3.63) is 33.9 Å². The highest BCUT2D eigenvalue weighted by Crippen LogP contribution is 2.31. The summed E-state index contributed by atoms with van der Waals surface area (Å²) in [4.78, 5) is 10.9. The van der Waals surface area contributed by atoms with Gasteiger partial charge in [-0.25, -0.2) is 14.4 Å². The summed E-state index contributed by atoms with van der Waals surface area (Å²) in [6.07, 6.45) is 1.37. The Morgan fingerprint density at radius 2 is 2.12 bits per heavy atom. The molecule has 3 rings (SSSR count). The van der Waals surface area contributed by atoms with E-state index in [4.69, 9.17) is 11.6 Å². The van der Waals surface area contributed by atoms with Crippen LogP contribution in [-0.4, -0.2) is 15.0 Å². The van der Waals surface area contributed by atoms with E-state index < -0.39 is 0 Å². The average Bonchev–Trinajstić information content (AvgIpc) is 2.58. The zero-order valence-electron chi connectivity index (χ0n) is 7.76. The zero-order chi connectivity index (χ0) is 11.3. The van der Waals surface area contributed by atoms with Crippen LogP contribution in [0.25, 0.3) is 21.9 Å². The zero-order valence-corrected chi connectivity index (χ0v) is 10.1. The van der Waals surface area contributed by atoms with Crippen molar-refractivity contribution in [3.8, 4) is 0 Å². The first-order chi connectivity index (χ1) is 7.66. The Labute approximate surface area is 103 Å². The summed E-state index contributed by atoms with van der Waals surface area (Å²) in [5.41, 5.74) is 1.26. The molecule has 0 aliphatic carbocycles. The van der Waals surface area contributed by atoms with Crippen molar-refractivity contribution < 1.29 is 4.39 Å². The molecule has 0 aliphatic heterocycles. The van der Waals surface area contributed by atoms with Gasteiger partial charge in [0.1, 0.15) is 22.9 Å². The summed E-state index contributed by atoms with van der Waals surface area (Å²) in [5.74, 6) is -0.330. The minimum absolute atomic E-state index is 0.330. The highest BCUT2D eigenvalue weighted by Gasteiger charge is 2.12. The lowest BCUT2D eigenvalue weighted by atomic mass is 10.2. The number of nitrogens with zero attached hydrogens (tertiary/aromatic N) is 2. The highest BCUT2D eigenvalue weighted by molar-refractivity contribution is 9.10. The Morgan fingerprint density at radius 1 is 1.31 bits per heavy atom. The van der Waals surface area contributed by atoms with Gasteiger partial charge < -0.3 is 4.98 Å². The number of hydrogen-bond donors (Lipinski definition) is 1. The second-order valence-corrected chi connectivity index (χ2v) is 4.54. The molecule has 2 heterocycles. The fourth-order valence-corrected chi connectivity index (χ4v) is 2.26. The van der Waals surface area contributed by atoms with E-state index in [0.717, 1.165) is 5.39 Å². The fourth-order valence-electron chi connectivity index (χ4n) is 1.68. The van der Waals surface area contributed by atoms with E-state index in [1.165, 1.54) is 12.4 Å². The number of benzene rings is 1. The SMILES string of the molecule is Fc1cc2[nH]c3ncnc(Cl)c3c2cc1Br. The van der Waals surface area contributed by atoms with Crippen molar-refractivity contribution >= 4 is 49.5 Å². The molecule has 0 amide bonds. The molecule has 1 aromatic carbocycles. The number of aromatic nitrogens is 3. The largest absolute Gasteiger partial charge is 0.339 e. The van der Waals surface area contributed by atoms with Gasteiger partial charge in [-0.1, -0.05) is 11.6 Å². The molecule has 1 N–H and O–H groups in total. The van der Waals surface area contributed by atoms with E-state index in [1.807, 2.05) is 0 Å². The van der Waals surface area contributed by atoms with Gasteiger partial charge in [0.05, 0.1) is 15.4 Å². The van der Waals surface area contributed by atoms with Gasteiger partial charge in [0.25, 0.3) is 0 Å². The molecule has 0 saturated carbocycles. The maximum Gasteiger partial charge on any atom is 0.143 e. The summed E-state index contributed by atoms with van der Waals surface area (Å²) < 4.78 is 13.7. The molecule has 0 saturated heterocycles. The first-order valence-electron chi connectivity index (χ1n) is 4.44. The average molecular weight is 301 g/mol. The molecule has 6 heteroatoms. The molecule has 80 valence electrons. The number of nitrogens with one attached hydrogen (secondary N) is 1. The first kappa shape index (κ1) is 9.99. The number of halogens is 3. The summed E-state index contributed by atoms with van der Waals surface area (Å²) in [5, 5.41) is 1.86. The summed E-state index contributed by atoms with van der Waals surface area (Å²) in [6, 6.07) is 3.07. The fraction of sp³-hybridized carbons (Fsp3) is 0. The third-order valence-electron chi connectivity index (χ3n) is 2.38. The van der Waals surface area contributed by atoms with Crippen molar-refractivity contribution in [1.82, 2.24) is 15.0 Å². The van der Waals surface area contributed by atoms with Crippen LogP contribution in [-0.2, 0) is 0 Å². The Kier molecular flexibility index (Phi) is 2.12. The Bertz CT molecular complexity index is 710. The molecule has 0 radical (unpaired) electrons. The van der Waals surface area contributed by atoms with Crippen molar-refractivity contribution in [1.29, 1.82) is 0 Å². The smallest absolute Gasteiger partial charge is 0.143 e. The molecule has 0 spiro atoms. The lowest BCUT2D eigenvalue weighted by molar-refractivity contribution is 0.623. The maximum atomic E-state index is 13.3. The molecule has 16 heavy (non-hydrogen) atoms. The van der Waals surface area contributed by atoms with Crippen LogP contribution >= 0.6 is 27.5 Å². The standard InChI is InChI=1S/C10H4BrClFN3/c11-5-1-4-7(2-6(5)13)16-10-8(4)9(12)14-3-15-10/h1-3H,(H,14,15,16). The molecular weight excluding hydrogens is 296 g/mol. The maximum absolute atomic E-state index is 13.3. The third kappa shape index (κ3) is 1.32. The number of fused-ring (bicyclic) bond motifs is 3. The molecule has 0 fully saturated rings. The van der Waals surface area contributed by atoms with E-state index in [0.29, 0.717) is 26.2 Å². The van der Waals surface area contributed by atoms with Crippen molar-refractivity contribution in [2.24, 2.45) is 0 Å². The monoisotopic (exact) mass is 299 g/mol. The Hall–Kier alpha value is -1.20. The molecule has 0 bridgehead atoms. The predicted molar refractivity (Wildman–Crippen MR) is 64.1 cm³/mol. The van der Waals surface area contributed by atoms with Gasteiger partial charge in [-0.2, -0.15) is 0 Å². The van der Waals surface area contributed by atoms with Crippen LogP contribution in [0.5, 0.6) is 0 Å². The Morgan fingerprint density at radius 3 is 2.94 bits per heavy atom. The second-order valence-electron chi connectivity index (χ2n) is 3.32. The van der Waals surface area contributed by atoms with E-state index in [9.17, 15) is 4.39 Å². The van der Waals surface area contributed by atoms with Crippen LogP contribution in [0.1, 0.15) is 0 Å². The third-order valence-corrected chi connectivity index (χ3v) is 3.28. The van der Waals surface area contributed by atoms with Crippen LogP contribution < -0.4 is 0 Å². The van der Waals surface area contributed by atoms with Crippen LogP contribution in [0.4, 0.5) is 4.39 Å². The van der Waals surface area contributed by atoms with E-state index in [2.05, 4.69) is 30.9 Å². The second kappa shape index (κ2) is 3.40. The van der Waals surface area contributed by atoms with E-state index >= 15 is 0 Å². The molecule has 0 unspecified atom stereocenters. The number of rotatable bonds is 0. The minimum Gasteiger partial charge on any atom is -0.339 e. The van der Waals surface area contributed by atoms with Crippen molar-refractivity contribution in [2.45, 2.75) is 0 Å². The highest BCUT2D eigenvalue weighted by atomic mass is 79.9. The van der Waals surface area contributed by atoms with Gasteiger partial charge >= 0.3 is 0 Å². The van der Waals surface area contributed by atoms with Crippen LogP contribution in [0.2, 0.25) is 5.15 Å². The van der Waals surface area contributed by atoms with Crippen LogP contribution in [0.3, 0.4) is 0 Å². The lowest BCUT2D eigenvalue weighted by Gasteiger charge is -1.95. The quantitative estimate of drug-likeness (QED) is 0.644. The summed E-state index contributed by atoms with van der Waals surface area (Å²) in [6.45, 7) is 0. The normalized spacial score (nSPS) is 11.4. The van der Waals surface area contributed by atoms with Gasteiger partial charge in [0.2, 0.25) is 0 Å². The predicted octanol–water partition coefficient (Wildman–Crippen LogP) is 3.67. The summed E-state index contributed by atoms with van der Waals surface area (Å²) in [7, 11) is 0. The van der Waals surface area contributed by atoms with Gasteiger partial charge in [-0.15, -0.1) is 0 Å². The summed E-state index contributed by atoms with van der Waals surface area (Å²) >= 11 is 9.13. The van der Waals surface area contributed by atoms with Gasteiger partial charge in [0, 0.05) is 5.39 Å². The molecule has 0 atom stereocenters. The van der Waals surface area contributed by atoms with Crippen molar-refractivity contribution in [3.63, 3.8) is 0 Å². The number of H-pyrrole nitrogens is 1. The Balaban J connectivity index is 2.58. The van der Waals surface area contributed by atoms with E-state index in [1.54, 1.807) is 6.07 Å². The molecular formula is C10H4BrClFN3. The van der Waals surface area contributed by atoms with Crippen LogP contribution in [0.15, 0.2) is 22.9 Å².